The third-order valence-electron chi connectivity index (χ3n) is 4.49. The number of pyridine rings is 1. The van der Waals surface area contributed by atoms with Gasteiger partial charge in [0.25, 0.3) is 17.4 Å². The molecule has 0 radical (unpaired) electrons. The number of rotatable bonds is 6. The van der Waals surface area contributed by atoms with Gasteiger partial charge in [0.1, 0.15) is 6.54 Å². The van der Waals surface area contributed by atoms with Crippen LogP contribution in [-0.2, 0) is 17.1 Å². The highest BCUT2D eigenvalue weighted by Gasteiger charge is 2.09. The highest BCUT2D eigenvalue weighted by Crippen LogP contribution is 2.23. The van der Waals surface area contributed by atoms with Crippen LogP contribution in [0.15, 0.2) is 82.9 Å². The van der Waals surface area contributed by atoms with E-state index in [1.54, 1.807) is 36.0 Å². The highest BCUT2D eigenvalue weighted by molar-refractivity contribution is 7.98. The molecule has 3 N–H and O–H groups in total. The zero-order valence-electron chi connectivity index (χ0n) is 16.4. The molecular weight excluding hydrogens is 414 g/mol. The van der Waals surface area contributed by atoms with Gasteiger partial charge in [0.2, 0.25) is 0 Å². The van der Waals surface area contributed by atoms with Crippen LogP contribution in [0.3, 0.4) is 0 Å². The number of aromatic amines is 1. The lowest BCUT2D eigenvalue weighted by molar-refractivity contribution is -0.122. The van der Waals surface area contributed by atoms with E-state index < -0.39 is 11.8 Å². The number of aromatic nitrogens is 3. The third kappa shape index (κ3) is 5.20. The van der Waals surface area contributed by atoms with Gasteiger partial charge in [-0.2, -0.15) is 0 Å². The lowest BCUT2D eigenvalue weighted by atomic mass is 10.1. The lowest BCUT2D eigenvalue weighted by Crippen LogP contribution is -2.44. The summed E-state index contributed by atoms with van der Waals surface area (Å²) in [7, 11) is 0. The summed E-state index contributed by atoms with van der Waals surface area (Å²) >= 11 is 1.58. The minimum absolute atomic E-state index is 0.183. The van der Waals surface area contributed by atoms with Gasteiger partial charge in [-0.15, -0.1) is 0 Å². The molecule has 4 aromatic rings. The van der Waals surface area contributed by atoms with Gasteiger partial charge in [0.05, 0.1) is 11.0 Å². The standard InChI is InChI=1S/C22H19N5O3S/c28-19(13-27-12-4-3-7-20(27)29)25-26-21(30)16-10-8-15(9-11-16)14-31-22-23-17-5-1-2-6-18(17)24-22/h1-12H,13-14H2,(H,23,24)(H,25,28)(H,26,30). The Labute approximate surface area is 181 Å². The predicted molar refractivity (Wildman–Crippen MR) is 118 cm³/mol. The minimum Gasteiger partial charge on any atom is -0.333 e. The molecule has 0 bridgehead atoms. The number of nitrogens with zero attached hydrogens (tertiary/aromatic N) is 2. The predicted octanol–water partition coefficient (Wildman–Crippen LogP) is 2.48. The molecule has 2 heterocycles. The van der Waals surface area contributed by atoms with Crippen molar-refractivity contribution >= 4 is 34.6 Å². The van der Waals surface area contributed by atoms with Crippen LogP contribution < -0.4 is 16.4 Å². The number of nitrogens with one attached hydrogen (secondary N) is 3. The first-order valence-electron chi connectivity index (χ1n) is 9.49. The summed E-state index contributed by atoms with van der Waals surface area (Å²) in [6.07, 6.45) is 1.51. The maximum absolute atomic E-state index is 12.2. The number of hydrogen-bond donors (Lipinski definition) is 3. The van der Waals surface area contributed by atoms with Crippen LogP contribution >= 0.6 is 11.8 Å². The van der Waals surface area contributed by atoms with Gasteiger partial charge >= 0.3 is 0 Å². The topological polar surface area (TPSA) is 109 Å². The van der Waals surface area contributed by atoms with Crippen LogP contribution in [0, 0.1) is 0 Å². The molecule has 0 aliphatic heterocycles. The Kier molecular flexibility index (Phi) is 6.13. The van der Waals surface area contributed by atoms with Crippen LogP contribution in [0.4, 0.5) is 0 Å². The van der Waals surface area contributed by atoms with E-state index in [4.69, 9.17) is 0 Å². The molecule has 0 aliphatic rings. The lowest BCUT2D eigenvalue weighted by Gasteiger charge is -2.09. The number of hydrogen-bond acceptors (Lipinski definition) is 5. The largest absolute Gasteiger partial charge is 0.333 e. The Bertz CT molecular complexity index is 1250. The fraction of sp³-hybridized carbons (Fsp3) is 0.0909. The normalized spacial score (nSPS) is 10.7. The van der Waals surface area contributed by atoms with Gasteiger partial charge < -0.3 is 9.55 Å². The molecule has 2 aromatic heterocycles. The first kappa shape index (κ1) is 20.4. The van der Waals surface area contributed by atoms with E-state index in [0.29, 0.717) is 11.3 Å². The van der Waals surface area contributed by atoms with E-state index >= 15 is 0 Å². The van der Waals surface area contributed by atoms with Gasteiger partial charge in [-0.1, -0.05) is 42.1 Å². The number of imidazole rings is 1. The van der Waals surface area contributed by atoms with Gasteiger partial charge in [0.15, 0.2) is 5.16 Å². The number of amides is 2. The number of para-hydroxylation sites is 2. The second-order valence-electron chi connectivity index (χ2n) is 6.71. The maximum Gasteiger partial charge on any atom is 0.269 e. The Morgan fingerprint density at radius 2 is 1.74 bits per heavy atom. The number of carbonyl (C=O) groups excluding carboxylic acids is 2. The van der Waals surface area contributed by atoms with Gasteiger partial charge in [0, 0.05) is 23.6 Å². The maximum atomic E-state index is 12.2. The Morgan fingerprint density at radius 1 is 0.968 bits per heavy atom. The van der Waals surface area contributed by atoms with E-state index in [2.05, 4.69) is 20.8 Å². The molecule has 0 saturated heterocycles. The number of carbonyl (C=O) groups is 2. The molecule has 0 atom stereocenters. The molecule has 0 unspecified atom stereocenters. The average molecular weight is 433 g/mol. The van der Waals surface area contributed by atoms with Gasteiger partial charge in [-0.25, -0.2) is 4.98 Å². The first-order valence-corrected chi connectivity index (χ1v) is 10.5. The first-order chi connectivity index (χ1) is 15.1. The van der Waals surface area contributed by atoms with Crippen LogP contribution in [-0.4, -0.2) is 26.3 Å². The molecule has 8 nitrogen and oxygen atoms in total. The molecule has 0 spiro atoms. The minimum atomic E-state index is -0.500. The van der Waals surface area contributed by atoms with Crippen LogP contribution in [0.5, 0.6) is 0 Å². The smallest absolute Gasteiger partial charge is 0.269 e. The molecule has 9 heteroatoms. The summed E-state index contributed by atoms with van der Waals surface area (Å²) in [6, 6.07) is 19.6. The van der Waals surface area contributed by atoms with Crippen molar-refractivity contribution in [2.45, 2.75) is 17.5 Å². The quantitative estimate of drug-likeness (QED) is 0.320. The van der Waals surface area contributed by atoms with E-state index in [1.165, 1.54) is 16.8 Å². The van der Waals surface area contributed by atoms with Crippen molar-refractivity contribution in [1.82, 2.24) is 25.4 Å². The summed E-state index contributed by atoms with van der Waals surface area (Å²) in [5.41, 5.74) is 7.75. The van der Waals surface area contributed by atoms with Crippen molar-refractivity contribution in [3.63, 3.8) is 0 Å². The zero-order valence-corrected chi connectivity index (χ0v) is 17.2. The van der Waals surface area contributed by atoms with Crippen molar-refractivity contribution in [2.24, 2.45) is 0 Å². The summed E-state index contributed by atoms with van der Waals surface area (Å²) in [4.78, 5) is 43.6. The zero-order chi connectivity index (χ0) is 21.6. The van der Waals surface area contributed by atoms with E-state index in [1.807, 2.05) is 36.4 Å². The SMILES string of the molecule is O=C(Cn1ccccc1=O)NNC(=O)c1ccc(CSc2nc3ccccc3[nH]2)cc1. The van der Waals surface area contributed by atoms with Crippen molar-refractivity contribution in [3.8, 4) is 0 Å². The monoisotopic (exact) mass is 433 g/mol. The summed E-state index contributed by atoms with van der Waals surface area (Å²) in [5, 5.41) is 0.836. The number of thioether (sulfide) groups is 1. The summed E-state index contributed by atoms with van der Waals surface area (Å²) < 4.78 is 1.25. The van der Waals surface area contributed by atoms with Crippen LogP contribution in [0.1, 0.15) is 15.9 Å². The Balaban J connectivity index is 1.28. The molecule has 0 saturated carbocycles. The molecule has 31 heavy (non-hydrogen) atoms. The molecule has 4 rings (SSSR count). The molecule has 2 aromatic carbocycles. The molecule has 0 aliphatic carbocycles. The van der Waals surface area contributed by atoms with Crippen molar-refractivity contribution in [1.29, 1.82) is 0 Å². The summed E-state index contributed by atoms with van der Waals surface area (Å²) in [5.74, 6) is -0.240. The second-order valence-corrected chi connectivity index (χ2v) is 7.68. The average Bonchev–Trinajstić information content (AvgIpc) is 3.21. The molecule has 2 amide bonds. The Morgan fingerprint density at radius 3 is 2.52 bits per heavy atom. The fourth-order valence-electron chi connectivity index (χ4n) is 2.89. The Hall–Kier alpha value is -3.85. The van der Waals surface area contributed by atoms with Crippen LogP contribution in [0.25, 0.3) is 11.0 Å². The van der Waals surface area contributed by atoms with Crippen molar-refractivity contribution in [2.75, 3.05) is 0 Å². The summed E-state index contributed by atoms with van der Waals surface area (Å²) in [6.45, 7) is -0.183. The van der Waals surface area contributed by atoms with Gasteiger partial charge in [-0.05, 0) is 35.9 Å². The molecular formula is C22H19N5O3S. The van der Waals surface area contributed by atoms with E-state index in [9.17, 15) is 14.4 Å². The van der Waals surface area contributed by atoms with Crippen molar-refractivity contribution in [3.05, 3.63) is 94.4 Å². The second kappa shape index (κ2) is 9.31. The number of H-pyrrole nitrogens is 1. The highest BCUT2D eigenvalue weighted by atomic mass is 32.2. The number of fused-ring (bicyclic) bond motifs is 1. The molecule has 156 valence electrons. The van der Waals surface area contributed by atoms with Gasteiger partial charge in [-0.3, -0.25) is 25.2 Å². The van der Waals surface area contributed by atoms with Crippen molar-refractivity contribution < 1.29 is 9.59 Å². The van der Waals surface area contributed by atoms with E-state index in [0.717, 1.165) is 21.8 Å². The number of hydrazine groups is 1. The van der Waals surface area contributed by atoms with E-state index in [-0.39, 0.29) is 12.1 Å². The fourth-order valence-corrected chi connectivity index (χ4v) is 3.73. The van der Waals surface area contributed by atoms with Crippen LogP contribution in [0.2, 0.25) is 0 Å². The number of benzene rings is 2. The third-order valence-corrected chi connectivity index (χ3v) is 5.43. The molecule has 0 fully saturated rings.